The van der Waals surface area contributed by atoms with E-state index in [9.17, 15) is 9.18 Å². The normalized spacial score (nSPS) is 11.0. The number of nitriles is 1. The molecule has 0 aliphatic rings. The van der Waals surface area contributed by atoms with E-state index in [1.54, 1.807) is 17.9 Å². The van der Waals surface area contributed by atoms with Gasteiger partial charge in [0.2, 0.25) is 0 Å². The first-order chi connectivity index (χ1) is 9.99. The summed E-state index contributed by atoms with van der Waals surface area (Å²) in [5.74, 6) is -1.19. The topological polar surface area (TPSA) is 70.7 Å². The molecule has 0 bridgehead atoms. The Bertz CT molecular complexity index is 761. The van der Waals surface area contributed by atoms with Crippen LogP contribution in [0.1, 0.15) is 5.56 Å². The van der Waals surface area contributed by atoms with Crippen molar-refractivity contribution in [3.05, 3.63) is 52.6 Å². The van der Waals surface area contributed by atoms with Gasteiger partial charge in [-0.3, -0.25) is 9.48 Å². The number of aromatic nitrogens is 2. The van der Waals surface area contributed by atoms with Gasteiger partial charge in [-0.25, -0.2) is 4.39 Å². The van der Waals surface area contributed by atoms with Crippen molar-refractivity contribution in [1.82, 2.24) is 9.78 Å². The van der Waals surface area contributed by atoms with Gasteiger partial charge in [-0.1, -0.05) is 11.6 Å². The Balaban J connectivity index is 2.19. The molecule has 1 aromatic heterocycles. The van der Waals surface area contributed by atoms with E-state index in [0.29, 0.717) is 11.3 Å². The summed E-state index contributed by atoms with van der Waals surface area (Å²) in [5.41, 5.74) is 0.837. The van der Waals surface area contributed by atoms with E-state index in [1.165, 1.54) is 24.4 Å². The number of aryl methyl sites for hydroxylation is 1. The summed E-state index contributed by atoms with van der Waals surface area (Å²) < 4.78 is 14.6. The van der Waals surface area contributed by atoms with Gasteiger partial charge >= 0.3 is 0 Å². The summed E-state index contributed by atoms with van der Waals surface area (Å²) in [6.07, 6.45) is 4.60. The SMILES string of the molecule is Cn1cc(/C=C(\C#N)C(=O)Nc2ccc(F)c(Cl)c2)cn1. The highest BCUT2D eigenvalue weighted by atomic mass is 35.5. The first-order valence-electron chi connectivity index (χ1n) is 5.86. The Labute approximate surface area is 125 Å². The zero-order valence-electron chi connectivity index (χ0n) is 11.0. The Morgan fingerprint density at radius 1 is 1.57 bits per heavy atom. The molecule has 1 amide bonds. The molecule has 0 aliphatic heterocycles. The first kappa shape index (κ1) is 14.8. The largest absolute Gasteiger partial charge is 0.321 e. The average molecular weight is 305 g/mol. The number of amides is 1. The molecule has 1 N–H and O–H groups in total. The number of carbonyl (C=O) groups is 1. The fourth-order valence-electron chi connectivity index (χ4n) is 1.60. The Morgan fingerprint density at radius 2 is 2.33 bits per heavy atom. The number of hydrogen-bond donors (Lipinski definition) is 1. The molecule has 106 valence electrons. The van der Waals surface area contributed by atoms with Crippen LogP contribution in [0.15, 0.2) is 36.2 Å². The molecule has 0 radical (unpaired) electrons. The van der Waals surface area contributed by atoms with E-state index in [4.69, 9.17) is 16.9 Å². The molecule has 2 rings (SSSR count). The van der Waals surface area contributed by atoms with Crippen molar-refractivity contribution in [3.63, 3.8) is 0 Å². The quantitative estimate of drug-likeness (QED) is 0.700. The summed E-state index contributed by atoms with van der Waals surface area (Å²) in [6, 6.07) is 5.58. The Morgan fingerprint density at radius 3 is 2.90 bits per heavy atom. The zero-order chi connectivity index (χ0) is 15.4. The summed E-state index contributed by atoms with van der Waals surface area (Å²) in [7, 11) is 1.73. The highest BCUT2D eigenvalue weighted by Crippen LogP contribution is 2.20. The van der Waals surface area contributed by atoms with Gasteiger partial charge in [-0.05, 0) is 24.3 Å². The van der Waals surface area contributed by atoms with Gasteiger partial charge in [-0.2, -0.15) is 10.4 Å². The maximum absolute atomic E-state index is 13.0. The third-order valence-electron chi connectivity index (χ3n) is 2.58. The van der Waals surface area contributed by atoms with Crippen LogP contribution in [0, 0.1) is 17.1 Å². The summed E-state index contributed by atoms with van der Waals surface area (Å²) in [6.45, 7) is 0. The van der Waals surface area contributed by atoms with Crippen molar-refractivity contribution in [2.24, 2.45) is 7.05 Å². The molecule has 21 heavy (non-hydrogen) atoms. The number of carbonyl (C=O) groups excluding carboxylic acids is 1. The second-order valence-electron chi connectivity index (χ2n) is 4.20. The van der Waals surface area contributed by atoms with E-state index >= 15 is 0 Å². The molecule has 1 heterocycles. The lowest BCUT2D eigenvalue weighted by Gasteiger charge is -2.04. The number of hydrogen-bond acceptors (Lipinski definition) is 3. The van der Waals surface area contributed by atoms with E-state index in [0.717, 1.165) is 6.07 Å². The molecular weight excluding hydrogens is 295 g/mol. The molecule has 0 fully saturated rings. The molecule has 0 atom stereocenters. The van der Waals surface area contributed by atoms with Crippen LogP contribution in [-0.4, -0.2) is 15.7 Å². The molecule has 7 heteroatoms. The zero-order valence-corrected chi connectivity index (χ0v) is 11.7. The van der Waals surface area contributed by atoms with Gasteiger partial charge in [0.1, 0.15) is 17.5 Å². The van der Waals surface area contributed by atoms with Gasteiger partial charge in [0, 0.05) is 24.5 Å². The van der Waals surface area contributed by atoms with Crippen LogP contribution in [0.5, 0.6) is 0 Å². The molecule has 0 saturated heterocycles. The minimum Gasteiger partial charge on any atom is -0.321 e. The summed E-state index contributed by atoms with van der Waals surface area (Å²) >= 11 is 5.63. The summed E-state index contributed by atoms with van der Waals surface area (Å²) in [4.78, 5) is 12.0. The number of benzene rings is 1. The van der Waals surface area contributed by atoms with Crippen LogP contribution in [0.2, 0.25) is 5.02 Å². The molecular formula is C14H10ClFN4O. The molecule has 0 saturated carbocycles. The van der Waals surface area contributed by atoms with Crippen molar-refractivity contribution in [2.75, 3.05) is 5.32 Å². The average Bonchev–Trinajstić information content (AvgIpc) is 2.85. The van der Waals surface area contributed by atoms with Crippen molar-refractivity contribution >= 4 is 29.3 Å². The monoisotopic (exact) mass is 304 g/mol. The number of halogens is 2. The van der Waals surface area contributed by atoms with Crippen molar-refractivity contribution in [3.8, 4) is 6.07 Å². The third kappa shape index (κ3) is 3.68. The molecule has 0 spiro atoms. The van der Waals surface area contributed by atoms with Gasteiger partial charge in [0.05, 0.1) is 11.2 Å². The van der Waals surface area contributed by atoms with E-state index in [-0.39, 0.29) is 10.6 Å². The van der Waals surface area contributed by atoms with Gasteiger partial charge in [0.25, 0.3) is 5.91 Å². The van der Waals surface area contributed by atoms with Crippen molar-refractivity contribution in [2.45, 2.75) is 0 Å². The van der Waals surface area contributed by atoms with Gasteiger partial charge in [-0.15, -0.1) is 0 Å². The fourth-order valence-corrected chi connectivity index (χ4v) is 1.78. The smallest absolute Gasteiger partial charge is 0.266 e. The van der Waals surface area contributed by atoms with Crippen molar-refractivity contribution in [1.29, 1.82) is 5.26 Å². The van der Waals surface area contributed by atoms with Crippen LogP contribution in [0.25, 0.3) is 6.08 Å². The van der Waals surface area contributed by atoms with Crippen LogP contribution in [0.3, 0.4) is 0 Å². The number of nitrogens with one attached hydrogen (secondary N) is 1. The first-order valence-corrected chi connectivity index (χ1v) is 6.24. The Hall–Kier alpha value is -2.65. The van der Waals surface area contributed by atoms with E-state index < -0.39 is 11.7 Å². The molecule has 5 nitrogen and oxygen atoms in total. The minimum atomic E-state index is -0.607. The second-order valence-corrected chi connectivity index (χ2v) is 4.61. The maximum Gasteiger partial charge on any atom is 0.266 e. The lowest BCUT2D eigenvalue weighted by molar-refractivity contribution is -0.112. The lowest BCUT2D eigenvalue weighted by Crippen LogP contribution is -2.13. The van der Waals surface area contributed by atoms with Crippen molar-refractivity contribution < 1.29 is 9.18 Å². The standard InChI is InChI=1S/C14H10ClFN4O/c1-20-8-9(7-18-20)4-10(6-17)14(21)19-11-2-3-13(16)12(15)5-11/h2-5,7-8H,1H3,(H,19,21)/b10-4+. The highest BCUT2D eigenvalue weighted by molar-refractivity contribution is 6.31. The van der Waals surface area contributed by atoms with Crippen LogP contribution < -0.4 is 5.32 Å². The second kappa shape index (κ2) is 6.20. The predicted molar refractivity (Wildman–Crippen MR) is 76.8 cm³/mol. The predicted octanol–water partition coefficient (Wildman–Crippen LogP) is 2.76. The van der Waals surface area contributed by atoms with E-state index in [1.807, 2.05) is 6.07 Å². The third-order valence-corrected chi connectivity index (χ3v) is 2.87. The number of anilines is 1. The molecule has 0 aliphatic carbocycles. The lowest BCUT2D eigenvalue weighted by atomic mass is 10.2. The van der Waals surface area contributed by atoms with Crippen LogP contribution >= 0.6 is 11.6 Å². The maximum atomic E-state index is 13.0. The van der Waals surface area contributed by atoms with Gasteiger partial charge < -0.3 is 5.32 Å². The molecule has 0 unspecified atom stereocenters. The number of rotatable bonds is 3. The Kier molecular flexibility index (Phi) is 4.36. The van der Waals surface area contributed by atoms with Crippen LogP contribution in [0.4, 0.5) is 10.1 Å². The van der Waals surface area contributed by atoms with Gasteiger partial charge in [0.15, 0.2) is 0 Å². The minimum absolute atomic E-state index is 0.0940. The summed E-state index contributed by atoms with van der Waals surface area (Å²) in [5, 5.41) is 15.4. The fraction of sp³-hybridized carbons (Fsp3) is 0.0714. The molecule has 1 aromatic carbocycles. The molecule has 2 aromatic rings. The van der Waals surface area contributed by atoms with Crippen LogP contribution in [-0.2, 0) is 11.8 Å². The highest BCUT2D eigenvalue weighted by Gasteiger charge is 2.11. The van der Waals surface area contributed by atoms with E-state index in [2.05, 4.69) is 10.4 Å². The number of nitrogens with zero attached hydrogens (tertiary/aromatic N) is 3.